The molecule has 2 nitrogen and oxygen atoms in total. The summed E-state index contributed by atoms with van der Waals surface area (Å²) in [4.78, 5) is 0. The Labute approximate surface area is 125 Å². The van der Waals surface area contributed by atoms with Gasteiger partial charge in [-0.2, -0.15) is 0 Å². The maximum absolute atomic E-state index is 6.16. The van der Waals surface area contributed by atoms with Gasteiger partial charge in [0.15, 0.2) is 0 Å². The molecule has 1 saturated heterocycles. The third-order valence-corrected chi connectivity index (χ3v) is 3.89. The van der Waals surface area contributed by atoms with Crippen molar-refractivity contribution < 1.29 is 4.74 Å². The van der Waals surface area contributed by atoms with Crippen molar-refractivity contribution in [2.24, 2.45) is 11.8 Å². The van der Waals surface area contributed by atoms with Crippen LogP contribution < -0.4 is 10.1 Å². The average molecular weight is 302 g/mol. The molecule has 0 spiro atoms. The van der Waals surface area contributed by atoms with Gasteiger partial charge in [0.25, 0.3) is 0 Å². The molecule has 1 aromatic rings. The minimum absolute atomic E-state index is 0.226. The highest BCUT2D eigenvalue weighted by atomic mass is 35.5. The van der Waals surface area contributed by atoms with Gasteiger partial charge in [0.2, 0.25) is 0 Å². The van der Waals surface area contributed by atoms with Gasteiger partial charge in [0.1, 0.15) is 11.9 Å². The standard InChI is InChI=1S/C15H21Cl2NO/c1-10(2)5-15(11-3-4-18-9-11)19-14-7-12(16)6-13(17)8-14/h6-8,10-11,15,18H,3-5,9H2,1-2H3/t11?,15-/m0/s1. The molecule has 0 radical (unpaired) electrons. The van der Waals surface area contributed by atoms with Crippen LogP contribution in [0.3, 0.4) is 0 Å². The number of rotatable bonds is 5. The first-order valence-electron chi connectivity index (χ1n) is 6.88. The van der Waals surface area contributed by atoms with E-state index < -0.39 is 0 Å². The average Bonchev–Trinajstić information content (AvgIpc) is 2.79. The second-order valence-electron chi connectivity index (χ2n) is 5.64. The van der Waals surface area contributed by atoms with E-state index in [4.69, 9.17) is 27.9 Å². The molecule has 0 saturated carbocycles. The Kier molecular flexibility index (Phi) is 5.37. The van der Waals surface area contributed by atoms with Crippen LogP contribution in [0.25, 0.3) is 0 Å². The molecular formula is C15H21Cl2NO. The van der Waals surface area contributed by atoms with Gasteiger partial charge in [-0.25, -0.2) is 0 Å². The Balaban J connectivity index is 2.09. The largest absolute Gasteiger partial charge is 0.490 e. The van der Waals surface area contributed by atoms with E-state index in [9.17, 15) is 0 Å². The highest BCUT2D eigenvalue weighted by Gasteiger charge is 2.27. The van der Waals surface area contributed by atoms with Gasteiger partial charge in [-0.15, -0.1) is 0 Å². The number of ether oxygens (including phenoxy) is 1. The van der Waals surface area contributed by atoms with E-state index in [1.54, 1.807) is 6.07 Å². The molecule has 1 unspecified atom stereocenters. The van der Waals surface area contributed by atoms with E-state index >= 15 is 0 Å². The molecule has 1 aliphatic rings. The summed E-state index contributed by atoms with van der Waals surface area (Å²) in [7, 11) is 0. The van der Waals surface area contributed by atoms with E-state index in [1.165, 1.54) is 6.42 Å². The van der Waals surface area contributed by atoms with Crippen LogP contribution in [0, 0.1) is 11.8 Å². The summed E-state index contributed by atoms with van der Waals surface area (Å²) in [6.45, 7) is 6.57. The van der Waals surface area contributed by atoms with Crippen LogP contribution in [0.5, 0.6) is 5.75 Å². The summed E-state index contributed by atoms with van der Waals surface area (Å²) in [5, 5.41) is 4.64. The van der Waals surface area contributed by atoms with Crippen molar-refractivity contribution in [3.63, 3.8) is 0 Å². The molecule has 2 atom stereocenters. The zero-order valence-corrected chi connectivity index (χ0v) is 13.0. The summed E-state index contributed by atoms with van der Waals surface area (Å²) >= 11 is 12.0. The van der Waals surface area contributed by atoms with Crippen LogP contribution in [0.1, 0.15) is 26.7 Å². The lowest BCUT2D eigenvalue weighted by atomic mass is 9.93. The van der Waals surface area contributed by atoms with E-state index in [0.29, 0.717) is 21.9 Å². The first-order chi connectivity index (χ1) is 9.04. The summed E-state index contributed by atoms with van der Waals surface area (Å²) in [6, 6.07) is 5.40. The van der Waals surface area contributed by atoms with Crippen LogP contribution in [-0.4, -0.2) is 19.2 Å². The minimum Gasteiger partial charge on any atom is -0.490 e. The fourth-order valence-corrected chi connectivity index (χ4v) is 3.07. The van der Waals surface area contributed by atoms with Crippen LogP contribution in [0.15, 0.2) is 18.2 Å². The predicted molar refractivity (Wildman–Crippen MR) is 81.3 cm³/mol. The van der Waals surface area contributed by atoms with E-state index in [2.05, 4.69) is 19.2 Å². The maximum atomic E-state index is 6.16. The molecule has 106 valence electrons. The van der Waals surface area contributed by atoms with Crippen molar-refractivity contribution in [1.29, 1.82) is 0 Å². The molecule has 0 bridgehead atoms. The van der Waals surface area contributed by atoms with Gasteiger partial charge in [0, 0.05) is 22.5 Å². The Morgan fingerprint density at radius 2 is 1.95 bits per heavy atom. The van der Waals surface area contributed by atoms with Crippen molar-refractivity contribution in [2.45, 2.75) is 32.8 Å². The van der Waals surface area contributed by atoms with E-state index in [0.717, 1.165) is 25.3 Å². The molecule has 1 heterocycles. The number of hydrogen-bond donors (Lipinski definition) is 1. The van der Waals surface area contributed by atoms with Gasteiger partial charge in [-0.3, -0.25) is 0 Å². The summed E-state index contributed by atoms with van der Waals surface area (Å²) in [6.07, 6.45) is 2.45. The third kappa shape index (κ3) is 4.55. The van der Waals surface area contributed by atoms with Crippen molar-refractivity contribution in [2.75, 3.05) is 13.1 Å². The van der Waals surface area contributed by atoms with Crippen molar-refractivity contribution in [3.05, 3.63) is 28.2 Å². The zero-order valence-electron chi connectivity index (χ0n) is 11.5. The Morgan fingerprint density at radius 3 is 2.47 bits per heavy atom. The molecule has 2 rings (SSSR count). The molecule has 1 N–H and O–H groups in total. The molecule has 1 fully saturated rings. The number of nitrogens with one attached hydrogen (secondary N) is 1. The van der Waals surface area contributed by atoms with Crippen molar-refractivity contribution in [3.8, 4) is 5.75 Å². The molecular weight excluding hydrogens is 281 g/mol. The molecule has 1 aliphatic heterocycles. The number of halogens is 2. The van der Waals surface area contributed by atoms with Gasteiger partial charge in [0.05, 0.1) is 0 Å². The lowest BCUT2D eigenvalue weighted by Crippen LogP contribution is -2.30. The van der Waals surface area contributed by atoms with Crippen molar-refractivity contribution >= 4 is 23.2 Å². The second kappa shape index (κ2) is 6.83. The van der Waals surface area contributed by atoms with E-state index in [-0.39, 0.29) is 6.10 Å². The summed E-state index contributed by atoms with van der Waals surface area (Å²) < 4.78 is 6.16. The predicted octanol–water partition coefficient (Wildman–Crippen LogP) is 4.40. The van der Waals surface area contributed by atoms with Crippen LogP contribution in [0.4, 0.5) is 0 Å². The SMILES string of the molecule is CC(C)C[C@H](Oc1cc(Cl)cc(Cl)c1)C1CCNC1. The highest BCUT2D eigenvalue weighted by molar-refractivity contribution is 6.34. The van der Waals surface area contributed by atoms with Crippen molar-refractivity contribution in [1.82, 2.24) is 5.32 Å². The Hall–Kier alpha value is -0.440. The van der Waals surface area contributed by atoms with E-state index in [1.807, 2.05) is 12.1 Å². The maximum Gasteiger partial charge on any atom is 0.122 e. The topological polar surface area (TPSA) is 21.3 Å². The van der Waals surface area contributed by atoms with Crippen LogP contribution in [0.2, 0.25) is 10.0 Å². The van der Waals surface area contributed by atoms with Crippen LogP contribution in [-0.2, 0) is 0 Å². The monoisotopic (exact) mass is 301 g/mol. The van der Waals surface area contributed by atoms with Gasteiger partial charge < -0.3 is 10.1 Å². The number of benzene rings is 1. The fraction of sp³-hybridized carbons (Fsp3) is 0.600. The molecule has 0 aromatic heterocycles. The smallest absolute Gasteiger partial charge is 0.122 e. The summed E-state index contributed by atoms with van der Waals surface area (Å²) in [5.41, 5.74) is 0. The normalized spacial score (nSPS) is 20.8. The fourth-order valence-electron chi connectivity index (χ4n) is 2.57. The molecule has 0 aliphatic carbocycles. The van der Waals surface area contributed by atoms with Gasteiger partial charge in [-0.1, -0.05) is 37.0 Å². The molecule has 1 aromatic carbocycles. The van der Waals surface area contributed by atoms with Gasteiger partial charge >= 0.3 is 0 Å². The molecule has 19 heavy (non-hydrogen) atoms. The quantitative estimate of drug-likeness (QED) is 0.870. The first kappa shape index (κ1) is 15.0. The second-order valence-corrected chi connectivity index (χ2v) is 6.52. The lowest BCUT2D eigenvalue weighted by Gasteiger charge is -2.26. The Bertz CT molecular complexity index is 396. The highest BCUT2D eigenvalue weighted by Crippen LogP contribution is 2.29. The van der Waals surface area contributed by atoms with Gasteiger partial charge in [-0.05, 0) is 43.5 Å². The molecule has 0 amide bonds. The lowest BCUT2D eigenvalue weighted by molar-refractivity contribution is 0.119. The Morgan fingerprint density at radius 1 is 1.26 bits per heavy atom. The summed E-state index contributed by atoms with van der Waals surface area (Å²) in [5.74, 6) is 1.95. The minimum atomic E-state index is 0.226. The molecule has 4 heteroatoms. The first-order valence-corrected chi connectivity index (χ1v) is 7.63. The zero-order chi connectivity index (χ0) is 13.8. The number of hydrogen-bond acceptors (Lipinski definition) is 2. The van der Waals surface area contributed by atoms with Crippen LogP contribution >= 0.6 is 23.2 Å². The third-order valence-electron chi connectivity index (χ3n) is 3.45.